The zero-order chi connectivity index (χ0) is 33.2. The van der Waals surface area contributed by atoms with E-state index in [1.165, 1.54) is 12.0 Å². The van der Waals surface area contributed by atoms with E-state index in [1.807, 2.05) is 96.6 Å². The van der Waals surface area contributed by atoms with Gasteiger partial charge < -0.3 is 19.7 Å². The lowest BCUT2D eigenvalue weighted by Gasteiger charge is -2.37. The minimum Gasteiger partial charge on any atom is -0.480 e. The summed E-state index contributed by atoms with van der Waals surface area (Å²) in [4.78, 5) is 44.0. The van der Waals surface area contributed by atoms with Crippen LogP contribution in [0.2, 0.25) is 0 Å². The predicted molar refractivity (Wildman–Crippen MR) is 179 cm³/mol. The van der Waals surface area contributed by atoms with Crippen LogP contribution < -0.4 is 5.32 Å². The number of rotatable bonds is 14. The second-order valence-corrected chi connectivity index (χ2v) is 11.5. The van der Waals surface area contributed by atoms with Crippen molar-refractivity contribution in [1.29, 1.82) is 0 Å². The maximum Gasteiger partial charge on any atom is 0.328 e. The Bertz CT molecular complexity index is 1680. The van der Waals surface area contributed by atoms with E-state index in [9.17, 15) is 19.5 Å². The number of amides is 1. The van der Waals surface area contributed by atoms with Crippen molar-refractivity contribution < 1.29 is 24.2 Å². The van der Waals surface area contributed by atoms with Crippen molar-refractivity contribution >= 4 is 17.8 Å². The first-order valence-corrected chi connectivity index (χ1v) is 15.4. The first-order valence-electron chi connectivity index (χ1n) is 15.4. The van der Waals surface area contributed by atoms with Gasteiger partial charge in [-0.3, -0.25) is 14.5 Å². The number of hydrogen-bond donors (Lipinski definition) is 2. The third-order valence-electron chi connectivity index (χ3n) is 8.09. The minimum absolute atomic E-state index is 0.0662. The van der Waals surface area contributed by atoms with Crippen molar-refractivity contribution in [2.75, 3.05) is 20.2 Å². The van der Waals surface area contributed by atoms with E-state index in [-0.39, 0.29) is 26.1 Å². The quantitative estimate of drug-likeness (QED) is 0.134. The first kappa shape index (κ1) is 32.8. The molecule has 1 heterocycles. The number of benzene rings is 4. The zero-order valence-electron chi connectivity index (χ0n) is 26.5. The molecule has 9 heteroatoms. The number of aryl methyl sites for hydroxylation is 1. The van der Waals surface area contributed by atoms with Gasteiger partial charge in [0.05, 0.1) is 32.2 Å². The molecule has 4 aromatic carbocycles. The Morgan fingerprint density at radius 3 is 1.85 bits per heavy atom. The van der Waals surface area contributed by atoms with Gasteiger partial charge in [-0.1, -0.05) is 121 Å². The molecule has 0 aliphatic rings. The zero-order valence-corrected chi connectivity index (χ0v) is 26.5. The summed E-state index contributed by atoms with van der Waals surface area (Å²) in [6.45, 7) is 1.66. The number of nitrogens with zero attached hydrogens (tertiary/aromatic N) is 3. The fourth-order valence-electron chi connectivity index (χ4n) is 5.94. The van der Waals surface area contributed by atoms with Gasteiger partial charge in [0.25, 0.3) is 0 Å². The Morgan fingerprint density at radius 2 is 1.36 bits per heavy atom. The van der Waals surface area contributed by atoms with E-state index in [2.05, 4.69) is 41.7 Å². The highest BCUT2D eigenvalue weighted by Gasteiger charge is 2.38. The van der Waals surface area contributed by atoms with Gasteiger partial charge in [0.2, 0.25) is 5.91 Å². The van der Waals surface area contributed by atoms with Crippen molar-refractivity contribution in [3.8, 4) is 0 Å². The van der Waals surface area contributed by atoms with E-state index in [4.69, 9.17) is 9.72 Å². The lowest BCUT2D eigenvalue weighted by molar-refractivity contribution is -0.145. The summed E-state index contributed by atoms with van der Waals surface area (Å²) >= 11 is 0. The monoisotopic (exact) mass is 630 g/mol. The first-order chi connectivity index (χ1) is 22.8. The second kappa shape index (κ2) is 15.2. The topological polar surface area (TPSA) is 114 Å². The maximum atomic E-state index is 13.2. The number of nitrogens with one attached hydrogen (secondary N) is 1. The third-order valence-corrected chi connectivity index (χ3v) is 8.09. The summed E-state index contributed by atoms with van der Waals surface area (Å²) in [6.07, 6.45) is 3.70. The molecule has 0 bridgehead atoms. The largest absolute Gasteiger partial charge is 0.480 e. The number of aliphatic carboxylic acids is 1. The Kier molecular flexibility index (Phi) is 10.6. The number of imidazole rings is 1. The highest BCUT2D eigenvalue weighted by atomic mass is 16.5. The van der Waals surface area contributed by atoms with Gasteiger partial charge in [-0.25, -0.2) is 9.78 Å². The molecule has 1 atom stereocenters. The highest BCUT2D eigenvalue weighted by molar-refractivity contribution is 5.86. The average Bonchev–Trinajstić information content (AvgIpc) is 3.55. The van der Waals surface area contributed by atoms with Gasteiger partial charge in [-0.05, 0) is 29.2 Å². The van der Waals surface area contributed by atoms with Gasteiger partial charge in [-0.2, -0.15) is 0 Å². The smallest absolute Gasteiger partial charge is 0.328 e. The molecular formula is C38H38N4O5. The molecule has 1 amide bonds. The SMILES string of the molecule is COC(=O)C(Cc1cn(C(c2ccccc2)(c2ccccc2)c2ccccc2)cn1)NC(=O)CN(CC(=O)O)Cc1ccc(C)cc1. The molecule has 0 aliphatic carbocycles. The number of carbonyl (C=O) groups is 3. The van der Waals surface area contributed by atoms with Crippen LogP contribution in [0.5, 0.6) is 0 Å². The Balaban J connectivity index is 1.43. The lowest BCUT2D eigenvalue weighted by Crippen LogP contribution is -2.47. The number of esters is 1. The highest BCUT2D eigenvalue weighted by Crippen LogP contribution is 2.40. The van der Waals surface area contributed by atoms with E-state index in [0.717, 1.165) is 27.8 Å². The maximum absolute atomic E-state index is 13.2. The number of carboxylic acid groups (broad SMARTS) is 1. The molecule has 0 radical (unpaired) electrons. The number of carboxylic acids is 1. The molecule has 0 spiro atoms. The van der Waals surface area contributed by atoms with Crippen LogP contribution in [0, 0.1) is 6.92 Å². The van der Waals surface area contributed by atoms with Crippen LogP contribution in [-0.2, 0) is 37.6 Å². The van der Waals surface area contributed by atoms with Crippen molar-refractivity contribution in [3.63, 3.8) is 0 Å². The molecule has 2 N–H and O–H groups in total. The normalized spacial score (nSPS) is 12.0. The van der Waals surface area contributed by atoms with E-state index in [0.29, 0.717) is 5.69 Å². The standard InChI is InChI=1S/C38H38N4O5/c1-28-18-20-29(21-19-28)23-41(26-36(44)45)25-35(43)40-34(37(46)47-2)22-33-24-42(27-39-33)38(30-12-6-3-7-13-30,31-14-8-4-9-15-31)32-16-10-5-11-17-32/h3-21,24,27,34H,22-23,25-26H2,1-2H3,(H,40,43)(H,44,45). The summed E-state index contributed by atoms with van der Waals surface area (Å²) < 4.78 is 7.08. The van der Waals surface area contributed by atoms with Gasteiger partial charge in [-0.15, -0.1) is 0 Å². The third kappa shape index (κ3) is 7.82. The lowest BCUT2D eigenvalue weighted by atomic mass is 9.77. The molecule has 240 valence electrons. The van der Waals surface area contributed by atoms with Crippen LogP contribution in [0.25, 0.3) is 0 Å². The number of aromatic nitrogens is 2. The molecule has 0 saturated carbocycles. The van der Waals surface area contributed by atoms with Crippen molar-refractivity contribution in [2.45, 2.75) is 31.5 Å². The van der Waals surface area contributed by atoms with Crippen molar-refractivity contribution in [2.24, 2.45) is 0 Å². The molecule has 0 fully saturated rings. The molecule has 1 aromatic heterocycles. The van der Waals surface area contributed by atoms with Gasteiger partial charge in [0.1, 0.15) is 11.6 Å². The van der Waals surface area contributed by atoms with E-state index >= 15 is 0 Å². The molecule has 47 heavy (non-hydrogen) atoms. The number of hydrogen-bond acceptors (Lipinski definition) is 6. The Hall–Kier alpha value is -5.54. The summed E-state index contributed by atoms with van der Waals surface area (Å²) in [5.74, 6) is -2.18. The van der Waals surface area contributed by atoms with Crippen LogP contribution in [0.1, 0.15) is 33.5 Å². The molecule has 5 rings (SSSR count). The fraction of sp³-hybridized carbons (Fsp3) is 0.211. The van der Waals surface area contributed by atoms with E-state index < -0.39 is 29.4 Å². The number of ether oxygens (including phenoxy) is 1. The van der Waals surface area contributed by atoms with Crippen LogP contribution in [0.4, 0.5) is 0 Å². The summed E-state index contributed by atoms with van der Waals surface area (Å²) in [7, 11) is 1.26. The van der Waals surface area contributed by atoms with Crippen LogP contribution in [0.15, 0.2) is 128 Å². The summed E-state index contributed by atoms with van der Waals surface area (Å²) in [5.41, 5.74) is 4.79. The number of methoxy groups -OCH3 is 1. The van der Waals surface area contributed by atoms with Crippen LogP contribution in [-0.4, -0.2) is 63.6 Å². The van der Waals surface area contributed by atoms with E-state index in [1.54, 1.807) is 6.33 Å². The Morgan fingerprint density at radius 1 is 0.830 bits per heavy atom. The van der Waals surface area contributed by atoms with Gasteiger partial charge in [0, 0.05) is 19.2 Å². The molecule has 0 saturated heterocycles. The van der Waals surface area contributed by atoms with Gasteiger partial charge >= 0.3 is 11.9 Å². The van der Waals surface area contributed by atoms with Crippen LogP contribution >= 0.6 is 0 Å². The van der Waals surface area contributed by atoms with Crippen LogP contribution in [0.3, 0.4) is 0 Å². The van der Waals surface area contributed by atoms with Gasteiger partial charge in [0.15, 0.2) is 0 Å². The van der Waals surface area contributed by atoms with Crippen molar-refractivity contribution in [3.05, 3.63) is 161 Å². The molecular weight excluding hydrogens is 592 g/mol. The Labute approximate surface area is 274 Å². The minimum atomic E-state index is -1.06. The second-order valence-electron chi connectivity index (χ2n) is 11.5. The molecule has 0 aliphatic heterocycles. The number of carbonyl (C=O) groups excluding carboxylic acids is 2. The molecule has 1 unspecified atom stereocenters. The van der Waals surface area contributed by atoms with Crippen molar-refractivity contribution in [1.82, 2.24) is 19.8 Å². The summed E-state index contributed by atoms with van der Waals surface area (Å²) in [6, 6.07) is 37.1. The molecule has 9 nitrogen and oxygen atoms in total. The molecule has 5 aromatic rings. The average molecular weight is 631 g/mol. The summed E-state index contributed by atoms with van der Waals surface area (Å²) in [5, 5.41) is 12.2. The fourth-order valence-corrected chi connectivity index (χ4v) is 5.94. The predicted octanol–water partition coefficient (Wildman–Crippen LogP) is 4.82.